The van der Waals surface area contributed by atoms with Crippen molar-refractivity contribution in [1.29, 1.82) is 0 Å². The van der Waals surface area contributed by atoms with Gasteiger partial charge in [0.1, 0.15) is 0 Å². The van der Waals surface area contributed by atoms with Gasteiger partial charge in [-0.25, -0.2) is 4.57 Å². The monoisotopic (exact) mass is 244 g/mol. The van der Waals surface area contributed by atoms with E-state index in [1.807, 2.05) is 30.3 Å². The molecule has 0 amide bonds. The smallest absolute Gasteiger partial charge is 0.371 e. The van der Waals surface area contributed by atoms with Gasteiger partial charge in [0.05, 0.1) is 0 Å². The summed E-state index contributed by atoms with van der Waals surface area (Å²) >= 11 is 0. The number of hydrogen-bond donors (Lipinski definition) is 2. The number of rotatable bonds is 5. The summed E-state index contributed by atoms with van der Waals surface area (Å²) in [5.74, 6) is -0.871. The van der Waals surface area contributed by atoms with Crippen LogP contribution in [0.1, 0.15) is 18.4 Å². The lowest BCUT2D eigenvalue weighted by Crippen LogP contribution is -2.02. The van der Waals surface area contributed by atoms with Crippen LogP contribution >= 0.6 is 7.82 Å². The van der Waals surface area contributed by atoms with Gasteiger partial charge in [0.2, 0.25) is 0 Å². The molecule has 0 spiro atoms. The zero-order valence-electron chi connectivity index (χ0n) is 8.57. The van der Waals surface area contributed by atoms with Crippen LogP contribution in [-0.4, -0.2) is 15.8 Å². The first-order chi connectivity index (χ1) is 7.47. The second kappa shape index (κ2) is 5.80. The molecule has 2 N–H and O–H groups in total. The predicted octanol–water partition coefficient (Wildman–Crippen LogP) is 1.65. The number of benzene rings is 1. The van der Waals surface area contributed by atoms with Gasteiger partial charge in [-0.3, -0.25) is 14.6 Å². The minimum Gasteiger partial charge on any atom is -0.371 e. The van der Waals surface area contributed by atoms with E-state index in [-0.39, 0.29) is 6.42 Å². The van der Waals surface area contributed by atoms with E-state index in [9.17, 15) is 9.36 Å². The Hall–Kier alpha value is -1.16. The molecule has 0 saturated carbocycles. The summed E-state index contributed by atoms with van der Waals surface area (Å²) in [6.07, 6.45) is 1.18. The first-order valence-electron chi connectivity index (χ1n) is 4.79. The van der Waals surface area contributed by atoms with Gasteiger partial charge in [0.15, 0.2) is 0 Å². The third-order valence-corrected chi connectivity index (χ3v) is 2.35. The molecular weight excluding hydrogens is 231 g/mol. The van der Waals surface area contributed by atoms with Crippen molar-refractivity contribution in [3.8, 4) is 0 Å². The second-order valence-corrected chi connectivity index (χ2v) is 4.46. The summed E-state index contributed by atoms with van der Waals surface area (Å²) in [7, 11) is -4.68. The van der Waals surface area contributed by atoms with Crippen molar-refractivity contribution in [2.45, 2.75) is 19.3 Å². The van der Waals surface area contributed by atoms with Crippen LogP contribution < -0.4 is 0 Å². The lowest BCUT2D eigenvalue weighted by Gasteiger charge is -2.04. The minimum atomic E-state index is -4.68. The van der Waals surface area contributed by atoms with Gasteiger partial charge < -0.3 is 4.52 Å². The molecule has 1 aromatic carbocycles. The van der Waals surface area contributed by atoms with Gasteiger partial charge in [-0.2, -0.15) is 0 Å². The standard InChI is InChI=1S/C10H13O5P/c11-10(15-16(12,13)14)8-4-7-9-5-2-1-3-6-9/h1-3,5-6H,4,7-8H2,(H2,12,13,14). The lowest BCUT2D eigenvalue weighted by atomic mass is 10.1. The van der Waals surface area contributed by atoms with Crippen LogP contribution in [0.25, 0.3) is 0 Å². The van der Waals surface area contributed by atoms with E-state index in [0.717, 1.165) is 5.56 Å². The molecule has 0 heterocycles. The fourth-order valence-electron chi connectivity index (χ4n) is 1.26. The van der Waals surface area contributed by atoms with Gasteiger partial charge in [0.25, 0.3) is 0 Å². The van der Waals surface area contributed by atoms with Crippen molar-refractivity contribution < 1.29 is 23.7 Å². The molecule has 1 aromatic rings. The van der Waals surface area contributed by atoms with E-state index in [1.54, 1.807) is 0 Å². The van der Waals surface area contributed by atoms with Gasteiger partial charge in [-0.05, 0) is 18.4 Å². The highest BCUT2D eigenvalue weighted by molar-refractivity contribution is 7.46. The molecule has 0 aromatic heterocycles. The molecule has 0 radical (unpaired) electrons. The Balaban J connectivity index is 2.26. The molecule has 0 atom stereocenters. The first-order valence-corrected chi connectivity index (χ1v) is 6.32. The molecule has 0 aliphatic carbocycles. The third kappa shape index (κ3) is 5.66. The highest BCUT2D eigenvalue weighted by atomic mass is 31.2. The summed E-state index contributed by atoms with van der Waals surface area (Å²) in [4.78, 5) is 27.7. The SMILES string of the molecule is O=C(CCCc1ccccc1)OP(=O)(O)O. The van der Waals surface area contributed by atoms with E-state index in [0.29, 0.717) is 12.8 Å². The number of carbonyl (C=O) groups is 1. The number of phosphoric acid groups is 1. The number of carbonyl (C=O) groups excluding carboxylic acids is 1. The number of hydrogen-bond acceptors (Lipinski definition) is 3. The average molecular weight is 244 g/mol. The third-order valence-electron chi connectivity index (χ3n) is 1.91. The molecule has 0 unspecified atom stereocenters. The van der Waals surface area contributed by atoms with Gasteiger partial charge in [-0.1, -0.05) is 30.3 Å². The van der Waals surface area contributed by atoms with E-state index >= 15 is 0 Å². The van der Waals surface area contributed by atoms with Crippen LogP contribution in [0, 0.1) is 0 Å². The van der Waals surface area contributed by atoms with E-state index in [2.05, 4.69) is 4.52 Å². The van der Waals surface area contributed by atoms with Crippen molar-refractivity contribution >= 4 is 13.8 Å². The zero-order valence-corrected chi connectivity index (χ0v) is 9.47. The Bertz CT molecular complexity index is 383. The van der Waals surface area contributed by atoms with Crippen LogP contribution in [0.15, 0.2) is 30.3 Å². The van der Waals surface area contributed by atoms with Gasteiger partial charge >= 0.3 is 13.8 Å². The van der Waals surface area contributed by atoms with Crippen molar-refractivity contribution in [2.24, 2.45) is 0 Å². The first kappa shape index (κ1) is 12.9. The maximum Gasteiger partial charge on any atom is 0.526 e. The summed E-state index contributed by atoms with van der Waals surface area (Å²) in [6.45, 7) is 0. The summed E-state index contributed by atoms with van der Waals surface area (Å²) < 4.78 is 14.2. The Morgan fingerprint density at radius 3 is 2.44 bits per heavy atom. The molecule has 16 heavy (non-hydrogen) atoms. The maximum absolute atomic E-state index is 10.9. The van der Waals surface area contributed by atoms with E-state index in [1.165, 1.54) is 0 Å². The molecule has 88 valence electrons. The normalized spacial score (nSPS) is 11.1. The molecular formula is C10H13O5P. The van der Waals surface area contributed by atoms with Crippen molar-refractivity contribution in [1.82, 2.24) is 0 Å². The van der Waals surface area contributed by atoms with Gasteiger partial charge in [-0.15, -0.1) is 0 Å². The molecule has 0 aliphatic rings. The topological polar surface area (TPSA) is 83.8 Å². The maximum atomic E-state index is 10.9. The number of phosphoric ester groups is 1. The van der Waals surface area contributed by atoms with Crippen molar-refractivity contribution in [2.75, 3.05) is 0 Å². The summed E-state index contributed by atoms with van der Waals surface area (Å²) in [5.41, 5.74) is 1.08. The lowest BCUT2D eigenvalue weighted by molar-refractivity contribution is -0.135. The zero-order chi connectivity index (χ0) is 12.0. The largest absolute Gasteiger partial charge is 0.526 e. The van der Waals surface area contributed by atoms with Crippen LogP contribution in [0.5, 0.6) is 0 Å². The van der Waals surface area contributed by atoms with E-state index in [4.69, 9.17) is 9.79 Å². The average Bonchev–Trinajstić information content (AvgIpc) is 2.16. The van der Waals surface area contributed by atoms with Crippen LogP contribution in [0.4, 0.5) is 0 Å². The van der Waals surface area contributed by atoms with Crippen LogP contribution in [0.2, 0.25) is 0 Å². The highest BCUT2D eigenvalue weighted by Crippen LogP contribution is 2.36. The summed E-state index contributed by atoms with van der Waals surface area (Å²) in [6, 6.07) is 9.53. The molecule has 1 rings (SSSR count). The van der Waals surface area contributed by atoms with Gasteiger partial charge in [0, 0.05) is 6.42 Å². The molecule has 6 heteroatoms. The molecule has 0 fully saturated rings. The number of aryl methyl sites for hydroxylation is 1. The van der Waals surface area contributed by atoms with Crippen molar-refractivity contribution in [3.63, 3.8) is 0 Å². The molecule has 0 saturated heterocycles. The molecule has 5 nitrogen and oxygen atoms in total. The Kier molecular flexibility index (Phi) is 4.68. The highest BCUT2D eigenvalue weighted by Gasteiger charge is 2.19. The second-order valence-electron chi connectivity index (χ2n) is 3.29. The van der Waals surface area contributed by atoms with Crippen molar-refractivity contribution in [3.05, 3.63) is 35.9 Å². The van der Waals surface area contributed by atoms with E-state index < -0.39 is 13.8 Å². The fourth-order valence-corrected chi connectivity index (χ4v) is 1.62. The summed E-state index contributed by atoms with van der Waals surface area (Å²) in [5, 5.41) is 0. The Labute approximate surface area is 93.3 Å². The van der Waals surface area contributed by atoms with Crippen LogP contribution in [-0.2, 0) is 20.3 Å². The Morgan fingerprint density at radius 1 is 1.25 bits per heavy atom. The van der Waals surface area contributed by atoms with Crippen LogP contribution in [0.3, 0.4) is 0 Å². The quantitative estimate of drug-likeness (QED) is 0.769. The molecule has 0 aliphatic heterocycles. The minimum absolute atomic E-state index is 0.00000425. The molecule has 0 bridgehead atoms. The fraction of sp³-hybridized carbons (Fsp3) is 0.300. The predicted molar refractivity (Wildman–Crippen MR) is 57.5 cm³/mol. The Morgan fingerprint density at radius 2 is 1.88 bits per heavy atom.